The van der Waals surface area contributed by atoms with E-state index in [0.29, 0.717) is 47.6 Å². The van der Waals surface area contributed by atoms with Gasteiger partial charge in [-0.05, 0) is 26.7 Å². The zero-order chi connectivity index (χ0) is 22.8. The number of aliphatic imine (C=N–C) groups is 1. The van der Waals surface area contributed by atoms with Gasteiger partial charge in [0.2, 0.25) is 7.37 Å². The fourth-order valence-electron chi connectivity index (χ4n) is 4.09. The highest BCUT2D eigenvalue weighted by atomic mass is 35.5. The Balaban J connectivity index is 1.89. The summed E-state index contributed by atoms with van der Waals surface area (Å²) in [4.78, 5) is 12.8. The van der Waals surface area contributed by atoms with Gasteiger partial charge in [-0.25, -0.2) is 9.97 Å². The van der Waals surface area contributed by atoms with Gasteiger partial charge in [-0.15, -0.1) is 0 Å². The Morgan fingerprint density at radius 3 is 2.74 bits per heavy atom. The third-order valence-corrected chi connectivity index (χ3v) is 8.08. The highest BCUT2D eigenvalue weighted by Crippen LogP contribution is 2.48. The smallest absolute Gasteiger partial charge is 0.227 e. The molecule has 0 saturated heterocycles. The third kappa shape index (κ3) is 5.02. The number of aromatic nitrogens is 3. The first-order valence-electron chi connectivity index (χ1n) is 10.4. The van der Waals surface area contributed by atoms with Crippen molar-refractivity contribution in [1.82, 2.24) is 14.5 Å². The van der Waals surface area contributed by atoms with E-state index in [0.717, 1.165) is 5.56 Å². The molecule has 0 bridgehead atoms. The Morgan fingerprint density at radius 1 is 1.35 bits per heavy atom. The van der Waals surface area contributed by atoms with Crippen LogP contribution in [0.3, 0.4) is 0 Å². The second-order valence-corrected chi connectivity index (χ2v) is 10.7. The minimum Gasteiger partial charge on any atom is -0.388 e. The summed E-state index contributed by atoms with van der Waals surface area (Å²) in [5.74, 6) is 0.495. The molecule has 172 valence electrons. The summed E-state index contributed by atoms with van der Waals surface area (Å²) < 4.78 is 26.0. The van der Waals surface area contributed by atoms with Gasteiger partial charge in [0, 0.05) is 31.2 Å². The summed E-state index contributed by atoms with van der Waals surface area (Å²) in [7, 11) is -1.29. The minimum atomic E-state index is -2.94. The van der Waals surface area contributed by atoms with Crippen LogP contribution in [-0.2, 0) is 13.8 Å². The number of hydrogen-bond donors (Lipinski definition) is 2. The van der Waals surface area contributed by atoms with Gasteiger partial charge in [0.05, 0.1) is 24.1 Å². The lowest BCUT2D eigenvalue weighted by Gasteiger charge is -2.22. The van der Waals surface area contributed by atoms with E-state index >= 15 is 0 Å². The van der Waals surface area contributed by atoms with E-state index in [1.807, 2.05) is 6.92 Å². The summed E-state index contributed by atoms with van der Waals surface area (Å²) in [6.45, 7) is 5.78. The van der Waals surface area contributed by atoms with Crippen LogP contribution in [0.4, 0.5) is 0 Å². The number of aliphatic hydroxyl groups is 2. The van der Waals surface area contributed by atoms with Crippen molar-refractivity contribution in [2.45, 2.75) is 58.0 Å². The van der Waals surface area contributed by atoms with Crippen molar-refractivity contribution >= 4 is 36.2 Å². The Bertz CT molecular complexity index is 988. The van der Waals surface area contributed by atoms with E-state index in [4.69, 9.17) is 20.9 Å². The molecule has 1 unspecified atom stereocenters. The van der Waals surface area contributed by atoms with Gasteiger partial charge in [0.1, 0.15) is 35.2 Å². The summed E-state index contributed by atoms with van der Waals surface area (Å²) in [5, 5.41) is 22.4. The van der Waals surface area contributed by atoms with Crippen LogP contribution in [0.5, 0.6) is 0 Å². The van der Waals surface area contributed by atoms with Crippen LogP contribution in [0.15, 0.2) is 11.2 Å². The van der Waals surface area contributed by atoms with Crippen LogP contribution in [0, 0.1) is 6.92 Å². The van der Waals surface area contributed by atoms with Gasteiger partial charge in [-0.1, -0.05) is 18.5 Å². The van der Waals surface area contributed by atoms with Gasteiger partial charge in [-0.3, -0.25) is 9.56 Å². The zero-order valence-corrected chi connectivity index (χ0v) is 19.9. The topological polar surface area (TPSA) is 119 Å². The predicted octanol–water partition coefficient (Wildman–Crippen LogP) is 3.18. The largest absolute Gasteiger partial charge is 0.388 e. The first-order valence-corrected chi connectivity index (χ1v) is 12.8. The molecule has 0 amide bonds. The molecule has 1 aliphatic rings. The first-order chi connectivity index (χ1) is 14.7. The molecule has 0 spiro atoms. The fraction of sp³-hybridized carbons (Fsp3) is 0.650. The van der Waals surface area contributed by atoms with Gasteiger partial charge >= 0.3 is 0 Å². The number of hydrogen-bond acceptors (Lipinski definition) is 8. The Hall–Kier alpha value is -1.35. The van der Waals surface area contributed by atoms with Crippen LogP contribution < -0.4 is 0 Å². The van der Waals surface area contributed by atoms with Crippen LogP contribution >= 0.6 is 19.0 Å². The molecule has 1 saturated carbocycles. The van der Waals surface area contributed by atoms with E-state index in [1.165, 1.54) is 0 Å². The average molecular weight is 473 g/mol. The second kappa shape index (κ2) is 10.1. The molecule has 0 aliphatic heterocycles. The Labute approximate surface area is 186 Å². The van der Waals surface area contributed by atoms with Crippen molar-refractivity contribution < 1.29 is 24.0 Å². The van der Waals surface area contributed by atoms with Crippen molar-refractivity contribution in [1.29, 1.82) is 0 Å². The molecule has 0 radical (unpaired) electrons. The van der Waals surface area contributed by atoms with E-state index in [9.17, 15) is 14.8 Å². The predicted molar refractivity (Wildman–Crippen MR) is 121 cm³/mol. The van der Waals surface area contributed by atoms with E-state index in [2.05, 4.69) is 15.0 Å². The fourth-order valence-corrected chi connectivity index (χ4v) is 6.30. The van der Waals surface area contributed by atoms with Crippen LogP contribution in [-0.4, -0.2) is 75.4 Å². The molecule has 2 N–H and O–H groups in total. The van der Waals surface area contributed by atoms with Crippen LogP contribution in [0.25, 0.3) is 11.0 Å². The van der Waals surface area contributed by atoms with Crippen LogP contribution in [0.1, 0.15) is 44.1 Å². The highest BCUT2D eigenvalue weighted by molar-refractivity contribution is 7.58. The van der Waals surface area contributed by atoms with Crippen molar-refractivity contribution in [2.24, 2.45) is 4.99 Å². The Kier molecular flexibility index (Phi) is 7.89. The lowest BCUT2D eigenvalue weighted by atomic mass is 10.2. The molecule has 2 aromatic heterocycles. The maximum atomic E-state index is 12.9. The third-order valence-electron chi connectivity index (χ3n) is 5.41. The summed E-state index contributed by atoms with van der Waals surface area (Å²) >= 11 is 6.37. The molecule has 9 nitrogen and oxygen atoms in total. The van der Waals surface area contributed by atoms with Crippen molar-refractivity contribution in [3.63, 3.8) is 0 Å². The lowest BCUT2D eigenvalue weighted by molar-refractivity contribution is -0.0469. The summed E-state index contributed by atoms with van der Waals surface area (Å²) in [6, 6.07) is -0.510. The lowest BCUT2D eigenvalue weighted by Crippen LogP contribution is -2.33. The maximum Gasteiger partial charge on any atom is 0.227 e. The van der Waals surface area contributed by atoms with Gasteiger partial charge in [0.25, 0.3) is 0 Å². The molecule has 1 aliphatic carbocycles. The number of nitrogens with zero attached hydrogens (tertiary/aromatic N) is 4. The number of aryl methyl sites for hydroxylation is 1. The Morgan fingerprint density at radius 2 is 2.10 bits per heavy atom. The SMILES string of the molecule is CCCP(=O)(CO[C@H]1C[C@@H](n2cc(/C=N/C)c3c(Cl)nc(C)nc32)[C@H](O)[C@@H]1O)OCC. The van der Waals surface area contributed by atoms with E-state index in [1.54, 1.807) is 37.9 Å². The average Bonchev–Trinajstić information content (AvgIpc) is 3.19. The minimum absolute atomic E-state index is 0.0941. The van der Waals surface area contributed by atoms with Gasteiger partial charge < -0.3 is 24.0 Å². The van der Waals surface area contributed by atoms with Crippen molar-refractivity contribution in [3.05, 3.63) is 22.7 Å². The van der Waals surface area contributed by atoms with Crippen molar-refractivity contribution in [3.8, 4) is 0 Å². The molecule has 11 heteroatoms. The van der Waals surface area contributed by atoms with Gasteiger partial charge in [-0.2, -0.15) is 0 Å². The number of rotatable bonds is 9. The molecule has 3 rings (SSSR count). The zero-order valence-electron chi connectivity index (χ0n) is 18.2. The normalized spacial score (nSPS) is 26.2. The molecule has 31 heavy (non-hydrogen) atoms. The van der Waals surface area contributed by atoms with Crippen molar-refractivity contribution in [2.75, 3.05) is 26.2 Å². The van der Waals surface area contributed by atoms with Crippen LogP contribution in [0.2, 0.25) is 5.15 Å². The molecule has 2 aromatic rings. The number of fused-ring (bicyclic) bond motifs is 1. The monoisotopic (exact) mass is 472 g/mol. The highest BCUT2D eigenvalue weighted by Gasteiger charge is 2.44. The van der Waals surface area contributed by atoms with Gasteiger partial charge in [0.15, 0.2) is 0 Å². The molecule has 0 aromatic carbocycles. The molecular weight excluding hydrogens is 443 g/mol. The maximum absolute atomic E-state index is 12.9. The summed E-state index contributed by atoms with van der Waals surface area (Å²) in [5.41, 5.74) is 1.27. The quantitative estimate of drug-likeness (QED) is 0.327. The van der Waals surface area contributed by atoms with E-state index in [-0.39, 0.29) is 6.35 Å². The second-order valence-electron chi connectivity index (χ2n) is 7.71. The summed E-state index contributed by atoms with van der Waals surface area (Å²) in [6.07, 6.45) is 1.85. The number of halogens is 1. The molecule has 5 atom stereocenters. The molecule has 1 fully saturated rings. The van der Waals surface area contributed by atoms with E-state index < -0.39 is 31.7 Å². The first kappa shape index (κ1) is 24.3. The number of aliphatic hydroxyl groups excluding tert-OH is 2. The molecule has 2 heterocycles. The standard InChI is InChI=1S/C20H30ClN4O5P/c1-5-7-31(28,30-6-2)11-29-15-8-14(17(26)18(15)27)25-10-13(9-22-4)16-19(21)23-12(3)24-20(16)25/h9-10,14-15,17-18,26-27H,5-8,11H2,1-4H3/b22-9+/t14-,15+,17+,18-,31?/m1/s1. The number of ether oxygens (including phenoxy) is 1. The molecular formula is C20H30ClN4O5P.